The predicted octanol–water partition coefficient (Wildman–Crippen LogP) is 4.51. The van der Waals surface area contributed by atoms with Crippen molar-refractivity contribution >= 4 is 27.8 Å². The number of hydrogen-bond donors (Lipinski definition) is 1. The van der Waals surface area contributed by atoms with E-state index in [1.165, 1.54) is 0 Å². The van der Waals surface area contributed by atoms with Crippen LogP contribution in [-0.4, -0.2) is 20.9 Å². The zero-order valence-corrected chi connectivity index (χ0v) is 17.5. The van der Waals surface area contributed by atoms with Gasteiger partial charge in [-0.3, -0.25) is 9.78 Å². The number of nitrogens with one attached hydrogen (secondary N) is 1. The number of para-hydroxylation sites is 2. The van der Waals surface area contributed by atoms with Gasteiger partial charge in [0.15, 0.2) is 11.9 Å². The maximum atomic E-state index is 13.4. The van der Waals surface area contributed by atoms with E-state index < -0.39 is 12.1 Å². The molecule has 156 valence electrons. The van der Waals surface area contributed by atoms with E-state index in [0.717, 1.165) is 41.4 Å². The molecule has 6 nitrogen and oxygen atoms in total. The molecule has 0 amide bonds. The van der Waals surface area contributed by atoms with Crippen molar-refractivity contribution < 1.29 is 9.53 Å². The highest BCUT2D eigenvalue weighted by Gasteiger charge is 2.27. The van der Waals surface area contributed by atoms with Crippen LogP contribution in [0, 0.1) is 5.92 Å². The molecular formula is C25H23N3O3. The molecule has 1 N–H and O–H groups in total. The summed E-state index contributed by atoms with van der Waals surface area (Å²) < 4.78 is 5.84. The van der Waals surface area contributed by atoms with Crippen LogP contribution in [0.25, 0.3) is 21.8 Å². The first kappa shape index (κ1) is 19.4. The molecule has 31 heavy (non-hydrogen) atoms. The minimum atomic E-state index is -0.701. The molecule has 0 saturated heterocycles. The monoisotopic (exact) mass is 413 g/mol. The summed E-state index contributed by atoms with van der Waals surface area (Å²) in [5, 5.41) is 1.31. The number of fused-ring (bicyclic) bond motifs is 3. The maximum absolute atomic E-state index is 13.4. The lowest BCUT2D eigenvalue weighted by atomic mass is 9.84. The van der Waals surface area contributed by atoms with Crippen LogP contribution >= 0.6 is 0 Å². The number of carbonyl (C=O) groups excluding carboxylic acids is 1. The number of aryl methyl sites for hydroxylation is 1. The molecule has 2 heterocycles. The van der Waals surface area contributed by atoms with E-state index in [2.05, 4.69) is 16.9 Å². The molecule has 0 saturated carbocycles. The van der Waals surface area contributed by atoms with Crippen molar-refractivity contribution in [3.8, 4) is 0 Å². The fraction of sp³-hybridized carbons (Fsp3) is 0.280. The van der Waals surface area contributed by atoms with Crippen LogP contribution in [0.4, 0.5) is 0 Å². The topological polar surface area (TPSA) is 84.9 Å². The van der Waals surface area contributed by atoms with Crippen molar-refractivity contribution in [1.29, 1.82) is 0 Å². The molecule has 2 aromatic carbocycles. The van der Waals surface area contributed by atoms with Crippen LogP contribution in [-0.2, 0) is 17.6 Å². The Bertz CT molecular complexity index is 1380. The Morgan fingerprint density at radius 3 is 2.52 bits per heavy atom. The van der Waals surface area contributed by atoms with Gasteiger partial charge in [0.05, 0.1) is 22.0 Å². The molecule has 0 unspecified atom stereocenters. The normalized spacial score (nSPS) is 16.8. The third-order valence-corrected chi connectivity index (χ3v) is 6.01. The van der Waals surface area contributed by atoms with Gasteiger partial charge in [-0.05, 0) is 55.9 Å². The molecule has 6 heteroatoms. The summed E-state index contributed by atoms with van der Waals surface area (Å²) in [5.41, 5.74) is 3.67. The average molecular weight is 413 g/mol. The van der Waals surface area contributed by atoms with E-state index in [-0.39, 0.29) is 5.56 Å². The molecule has 0 radical (unpaired) electrons. The molecule has 1 aliphatic carbocycles. The molecular weight excluding hydrogens is 390 g/mol. The van der Waals surface area contributed by atoms with Crippen molar-refractivity contribution in [2.45, 2.75) is 39.2 Å². The Labute approximate surface area is 179 Å². The molecule has 0 bridgehead atoms. The average Bonchev–Trinajstić information content (AvgIpc) is 2.77. The summed E-state index contributed by atoms with van der Waals surface area (Å²) in [6.07, 6.45) is 2.02. The second kappa shape index (κ2) is 7.61. The number of pyridine rings is 1. The fourth-order valence-corrected chi connectivity index (χ4v) is 4.37. The zero-order valence-electron chi connectivity index (χ0n) is 17.5. The third-order valence-electron chi connectivity index (χ3n) is 6.01. The fourth-order valence-electron chi connectivity index (χ4n) is 4.37. The molecule has 5 rings (SSSR count). The van der Waals surface area contributed by atoms with Crippen molar-refractivity contribution in [3.63, 3.8) is 0 Å². The maximum Gasteiger partial charge on any atom is 0.339 e. The Morgan fingerprint density at radius 1 is 1.06 bits per heavy atom. The van der Waals surface area contributed by atoms with E-state index >= 15 is 0 Å². The van der Waals surface area contributed by atoms with Crippen LogP contribution < -0.4 is 5.56 Å². The standard InChI is InChI=1S/C25H23N3O3/c1-14-11-12-21-18(13-14)22(16-7-3-5-9-19(16)26-21)25(30)31-15(2)23-27-20-10-6-4-8-17(20)24(29)28-23/h3-10,14-15H,11-13H2,1-2H3,(H,27,28,29)/t14-,15-/m1/s1. The second-order valence-corrected chi connectivity index (χ2v) is 8.29. The number of rotatable bonds is 3. The minimum absolute atomic E-state index is 0.246. The summed E-state index contributed by atoms with van der Waals surface area (Å²) in [6, 6.07) is 14.8. The van der Waals surface area contributed by atoms with Crippen LogP contribution in [0.3, 0.4) is 0 Å². The number of esters is 1. The Hall–Kier alpha value is -3.54. The second-order valence-electron chi connectivity index (χ2n) is 8.29. The van der Waals surface area contributed by atoms with Gasteiger partial charge in [-0.15, -0.1) is 0 Å². The summed E-state index contributed by atoms with van der Waals surface area (Å²) in [4.78, 5) is 37.9. The molecule has 2 aromatic heterocycles. The lowest BCUT2D eigenvalue weighted by molar-refractivity contribution is 0.0320. The first-order chi connectivity index (χ1) is 15.0. The van der Waals surface area contributed by atoms with Crippen LogP contribution in [0.2, 0.25) is 0 Å². The molecule has 0 aliphatic heterocycles. The van der Waals surface area contributed by atoms with Gasteiger partial charge < -0.3 is 9.72 Å². The number of H-pyrrole nitrogens is 1. The van der Waals surface area contributed by atoms with E-state index in [0.29, 0.717) is 28.2 Å². The van der Waals surface area contributed by atoms with Gasteiger partial charge in [-0.1, -0.05) is 37.3 Å². The highest BCUT2D eigenvalue weighted by molar-refractivity contribution is 6.05. The molecule has 0 fully saturated rings. The van der Waals surface area contributed by atoms with Gasteiger partial charge in [-0.25, -0.2) is 9.78 Å². The SMILES string of the molecule is C[C@@H]1CCc2nc3ccccc3c(C(=O)O[C@H](C)c3nc4ccccc4c(=O)[nH]3)c2C1. The number of ether oxygens (including phenoxy) is 1. The van der Waals surface area contributed by atoms with E-state index in [1.807, 2.05) is 30.3 Å². The summed E-state index contributed by atoms with van der Waals surface area (Å²) >= 11 is 0. The predicted molar refractivity (Wildman–Crippen MR) is 119 cm³/mol. The van der Waals surface area contributed by atoms with Crippen LogP contribution in [0.1, 0.15) is 53.8 Å². The Morgan fingerprint density at radius 2 is 1.74 bits per heavy atom. The largest absolute Gasteiger partial charge is 0.451 e. The lowest BCUT2D eigenvalue weighted by Gasteiger charge is -2.24. The highest BCUT2D eigenvalue weighted by atomic mass is 16.5. The van der Waals surface area contributed by atoms with Crippen molar-refractivity contribution in [1.82, 2.24) is 15.0 Å². The van der Waals surface area contributed by atoms with E-state index in [4.69, 9.17) is 9.72 Å². The first-order valence-corrected chi connectivity index (χ1v) is 10.6. The molecule has 0 spiro atoms. The molecule has 4 aromatic rings. The number of aromatic amines is 1. The molecule has 1 aliphatic rings. The Balaban J connectivity index is 1.55. The first-order valence-electron chi connectivity index (χ1n) is 10.6. The summed E-state index contributed by atoms with van der Waals surface area (Å²) in [6.45, 7) is 3.92. The van der Waals surface area contributed by atoms with Gasteiger partial charge in [0.25, 0.3) is 5.56 Å². The van der Waals surface area contributed by atoms with Gasteiger partial charge in [0, 0.05) is 11.1 Å². The summed E-state index contributed by atoms with van der Waals surface area (Å²) in [5.74, 6) is 0.405. The van der Waals surface area contributed by atoms with Gasteiger partial charge in [0.2, 0.25) is 0 Å². The van der Waals surface area contributed by atoms with Gasteiger partial charge >= 0.3 is 5.97 Å². The quantitative estimate of drug-likeness (QED) is 0.500. The number of nitrogens with zero attached hydrogens (tertiary/aromatic N) is 2. The number of aromatic nitrogens is 3. The third kappa shape index (κ3) is 3.48. The highest BCUT2D eigenvalue weighted by Crippen LogP contribution is 2.32. The van der Waals surface area contributed by atoms with Crippen molar-refractivity contribution in [3.05, 3.63) is 81.5 Å². The number of hydrogen-bond acceptors (Lipinski definition) is 5. The van der Waals surface area contributed by atoms with Crippen molar-refractivity contribution in [2.24, 2.45) is 5.92 Å². The van der Waals surface area contributed by atoms with Crippen LogP contribution in [0.15, 0.2) is 53.3 Å². The van der Waals surface area contributed by atoms with Crippen molar-refractivity contribution in [2.75, 3.05) is 0 Å². The molecule has 2 atom stereocenters. The number of benzene rings is 2. The smallest absolute Gasteiger partial charge is 0.339 e. The number of carbonyl (C=O) groups is 1. The summed E-state index contributed by atoms with van der Waals surface area (Å²) in [7, 11) is 0. The lowest BCUT2D eigenvalue weighted by Crippen LogP contribution is -2.21. The minimum Gasteiger partial charge on any atom is -0.451 e. The van der Waals surface area contributed by atoms with Gasteiger partial charge in [0.1, 0.15) is 0 Å². The van der Waals surface area contributed by atoms with Crippen LogP contribution in [0.5, 0.6) is 0 Å². The van der Waals surface area contributed by atoms with E-state index in [9.17, 15) is 9.59 Å². The zero-order chi connectivity index (χ0) is 21.5. The van der Waals surface area contributed by atoms with Gasteiger partial charge in [-0.2, -0.15) is 0 Å². The Kier molecular flexibility index (Phi) is 4.77. The van der Waals surface area contributed by atoms with E-state index in [1.54, 1.807) is 25.1 Å².